The minimum Gasteiger partial charge on any atom is -0.504 e. The van der Waals surface area contributed by atoms with E-state index in [1.54, 1.807) is 6.07 Å². The summed E-state index contributed by atoms with van der Waals surface area (Å²) in [6.45, 7) is 2.22. The Labute approximate surface area is 152 Å². The van der Waals surface area contributed by atoms with Gasteiger partial charge in [0.15, 0.2) is 21.3 Å². The molecule has 0 aliphatic rings. The topological polar surface area (TPSA) is 74.6 Å². The minimum atomic E-state index is -3.24. The molecule has 5 heteroatoms. The van der Waals surface area contributed by atoms with E-state index in [-0.39, 0.29) is 17.3 Å². The van der Waals surface area contributed by atoms with Gasteiger partial charge < -0.3 is 10.2 Å². The highest BCUT2D eigenvalue weighted by Gasteiger charge is 2.06. The molecule has 0 aliphatic carbocycles. The van der Waals surface area contributed by atoms with E-state index < -0.39 is 9.84 Å². The highest BCUT2D eigenvalue weighted by atomic mass is 32.2. The number of aromatic hydroxyl groups is 2. The monoisotopic (exact) mass is 368 g/mol. The third kappa shape index (κ3) is 10.2. The number of hydrogen-bond donors (Lipinski definition) is 2. The summed E-state index contributed by atoms with van der Waals surface area (Å²) in [6, 6.07) is 4.23. The number of hydrogen-bond acceptors (Lipinski definition) is 4. The van der Waals surface area contributed by atoms with Crippen molar-refractivity contribution in [1.82, 2.24) is 0 Å². The first-order chi connectivity index (χ1) is 11.9. The Morgan fingerprint density at radius 3 is 1.96 bits per heavy atom. The summed E-state index contributed by atoms with van der Waals surface area (Å²) >= 11 is 0. The molecule has 0 aromatic heterocycles. The van der Waals surface area contributed by atoms with Crippen LogP contribution in [0.4, 0.5) is 0 Å². The van der Waals surface area contributed by atoms with Crippen molar-refractivity contribution < 1.29 is 18.6 Å². The summed E-state index contributed by atoms with van der Waals surface area (Å²) in [5.41, 5.74) is 0.543. The zero-order chi connectivity index (χ0) is 18.5. The van der Waals surface area contributed by atoms with Crippen LogP contribution in [0.15, 0.2) is 23.6 Å². The molecule has 25 heavy (non-hydrogen) atoms. The molecule has 0 saturated carbocycles. The zero-order valence-electron chi connectivity index (χ0n) is 15.3. The summed E-state index contributed by atoms with van der Waals surface area (Å²) in [7, 11) is -3.24. The number of benzene rings is 1. The largest absolute Gasteiger partial charge is 0.504 e. The normalized spacial score (nSPS) is 12.0. The van der Waals surface area contributed by atoms with Crippen LogP contribution in [0.25, 0.3) is 6.08 Å². The van der Waals surface area contributed by atoms with E-state index in [0.717, 1.165) is 12.8 Å². The van der Waals surface area contributed by atoms with Crippen molar-refractivity contribution in [3.05, 3.63) is 29.2 Å². The number of sulfone groups is 1. The first kappa shape index (κ1) is 21.6. The van der Waals surface area contributed by atoms with Gasteiger partial charge in [-0.1, -0.05) is 70.8 Å². The molecule has 0 radical (unpaired) electrons. The Balaban J connectivity index is 2.18. The van der Waals surface area contributed by atoms with Gasteiger partial charge in [0.25, 0.3) is 0 Å². The van der Waals surface area contributed by atoms with Gasteiger partial charge in [0.1, 0.15) is 0 Å². The third-order valence-corrected chi connectivity index (χ3v) is 5.66. The summed E-state index contributed by atoms with van der Waals surface area (Å²) in [4.78, 5) is 0. The lowest BCUT2D eigenvalue weighted by atomic mass is 10.1. The lowest BCUT2D eigenvalue weighted by molar-refractivity contribution is 0.403. The Kier molecular flexibility index (Phi) is 10.3. The number of rotatable bonds is 13. The number of phenols is 2. The molecule has 0 spiro atoms. The van der Waals surface area contributed by atoms with Gasteiger partial charge >= 0.3 is 0 Å². The second kappa shape index (κ2) is 12.0. The Bertz CT molecular complexity index is 621. The van der Waals surface area contributed by atoms with Crippen molar-refractivity contribution in [2.24, 2.45) is 0 Å². The first-order valence-electron chi connectivity index (χ1n) is 9.37. The van der Waals surface area contributed by atoms with E-state index in [0.29, 0.717) is 12.0 Å². The standard InChI is InChI=1S/C20H32O4S/c1-2-3-4-5-6-7-8-9-10-11-15-25(23,24)16-14-18-12-13-19(21)20(22)17-18/h12-14,16-17,21-22H,2-11,15H2,1H3/b16-14+. The molecule has 0 unspecified atom stereocenters. The smallest absolute Gasteiger partial charge is 0.171 e. The molecule has 2 N–H and O–H groups in total. The second-order valence-electron chi connectivity index (χ2n) is 6.60. The minimum absolute atomic E-state index is 0.157. The van der Waals surface area contributed by atoms with Crippen molar-refractivity contribution in [3.8, 4) is 11.5 Å². The van der Waals surface area contributed by atoms with Crippen LogP contribution in [-0.2, 0) is 9.84 Å². The Hall–Kier alpha value is -1.49. The van der Waals surface area contributed by atoms with E-state index in [1.165, 1.54) is 68.6 Å². The predicted octanol–water partition coefficient (Wildman–Crippen LogP) is 5.40. The summed E-state index contributed by atoms with van der Waals surface area (Å²) in [5.74, 6) is -0.316. The second-order valence-corrected chi connectivity index (χ2v) is 8.61. The molecule has 0 fully saturated rings. The molecule has 0 aliphatic heterocycles. The van der Waals surface area contributed by atoms with E-state index >= 15 is 0 Å². The van der Waals surface area contributed by atoms with Gasteiger partial charge in [-0.25, -0.2) is 8.42 Å². The third-order valence-electron chi connectivity index (χ3n) is 4.25. The maximum absolute atomic E-state index is 12.0. The number of unbranched alkanes of at least 4 members (excludes halogenated alkanes) is 9. The molecular weight excluding hydrogens is 336 g/mol. The van der Waals surface area contributed by atoms with Gasteiger partial charge in [-0.15, -0.1) is 0 Å². The molecule has 142 valence electrons. The van der Waals surface area contributed by atoms with Crippen molar-refractivity contribution >= 4 is 15.9 Å². The summed E-state index contributed by atoms with van der Waals surface area (Å²) in [6.07, 6.45) is 13.2. The van der Waals surface area contributed by atoms with Gasteiger partial charge in [-0.3, -0.25) is 0 Å². The van der Waals surface area contributed by atoms with Gasteiger partial charge in [0, 0.05) is 5.41 Å². The fourth-order valence-electron chi connectivity index (χ4n) is 2.69. The van der Waals surface area contributed by atoms with E-state index in [9.17, 15) is 18.6 Å². The molecule has 4 nitrogen and oxygen atoms in total. The average Bonchev–Trinajstić information content (AvgIpc) is 2.58. The van der Waals surface area contributed by atoms with Gasteiger partial charge in [0.05, 0.1) is 5.75 Å². The zero-order valence-corrected chi connectivity index (χ0v) is 16.1. The Morgan fingerprint density at radius 2 is 1.40 bits per heavy atom. The van der Waals surface area contributed by atoms with Crippen molar-refractivity contribution in [3.63, 3.8) is 0 Å². The van der Waals surface area contributed by atoms with Crippen molar-refractivity contribution in [1.29, 1.82) is 0 Å². The average molecular weight is 369 g/mol. The Morgan fingerprint density at radius 1 is 0.840 bits per heavy atom. The molecule has 0 atom stereocenters. The summed E-state index contributed by atoms with van der Waals surface area (Å²) < 4.78 is 24.0. The quantitative estimate of drug-likeness (QED) is 0.361. The van der Waals surface area contributed by atoms with Crippen LogP contribution in [0.3, 0.4) is 0 Å². The lowest BCUT2D eigenvalue weighted by Crippen LogP contribution is -2.01. The van der Waals surface area contributed by atoms with Crippen LogP contribution in [0.1, 0.15) is 76.7 Å². The van der Waals surface area contributed by atoms with E-state index in [4.69, 9.17) is 0 Å². The predicted molar refractivity (Wildman–Crippen MR) is 104 cm³/mol. The van der Waals surface area contributed by atoms with Gasteiger partial charge in [0.2, 0.25) is 0 Å². The molecule has 0 amide bonds. The molecule has 0 bridgehead atoms. The van der Waals surface area contributed by atoms with Crippen LogP contribution < -0.4 is 0 Å². The molecule has 0 heterocycles. The van der Waals surface area contributed by atoms with Gasteiger partial charge in [-0.05, 0) is 30.2 Å². The van der Waals surface area contributed by atoms with Crippen LogP contribution in [0, 0.1) is 0 Å². The van der Waals surface area contributed by atoms with Crippen LogP contribution in [-0.4, -0.2) is 24.4 Å². The highest BCUT2D eigenvalue weighted by Crippen LogP contribution is 2.25. The van der Waals surface area contributed by atoms with Crippen molar-refractivity contribution in [2.45, 2.75) is 71.1 Å². The van der Waals surface area contributed by atoms with Crippen LogP contribution in [0.5, 0.6) is 11.5 Å². The maximum Gasteiger partial charge on any atom is 0.171 e. The first-order valence-corrected chi connectivity index (χ1v) is 11.1. The molecule has 1 aromatic carbocycles. The molecule has 1 aromatic rings. The number of phenolic OH excluding ortho intramolecular Hbond substituents is 2. The lowest BCUT2D eigenvalue weighted by Gasteiger charge is -2.02. The van der Waals surface area contributed by atoms with Crippen LogP contribution in [0.2, 0.25) is 0 Å². The molecule has 0 saturated heterocycles. The molecular formula is C20H32O4S. The summed E-state index contributed by atoms with van der Waals surface area (Å²) in [5, 5.41) is 19.8. The highest BCUT2D eigenvalue weighted by molar-refractivity contribution is 7.94. The van der Waals surface area contributed by atoms with E-state index in [2.05, 4.69) is 6.92 Å². The van der Waals surface area contributed by atoms with Gasteiger partial charge in [-0.2, -0.15) is 0 Å². The van der Waals surface area contributed by atoms with Crippen molar-refractivity contribution in [2.75, 3.05) is 5.75 Å². The SMILES string of the molecule is CCCCCCCCCCCCS(=O)(=O)/C=C/c1ccc(O)c(O)c1. The fourth-order valence-corrected chi connectivity index (χ4v) is 3.79. The maximum atomic E-state index is 12.0. The fraction of sp³-hybridized carbons (Fsp3) is 0.600. The van der Waals surface area contributed by atoms with E-state index in [1.807, 2.05) is 0 Å². The molecule has 1 rings (SSSR count). The van der Waals surface area contributed by atoms with Crippen LogP contribution >= 0.6 is 0 Å².